The van der Waals surface area contributed by atoms with Crippen molar-refractivity contribution < 1.29 is 33.6 Å². The Labute approximate surface area is 265 Å². The van der Waals surface area contributed by atoms with Gasteiger partial charge in [-0.1, -0.05) is 46.1 Å². The highest BCUT2D eigenvalue weighted by Gasteiger charge is 2.16. The van der Waals surface area contributed by atoms with Gasteiger partial charge in [0.15, 0.2) is 5.78 Å². The molecule has 0 saturated heterocycles. The molecule has 0 atom stereocenters. The summed E-state index contributed by atoms with van der Waals surface area (Å²) in [6.07, 6.45) is 9.06. The van der Waals surface area contributed by atoms with Gasteiger partial charge in [-0.25, -0.2) is 0 Å². The minimum Gasteiger partial charge on any atom is -0.351 e. The first kappa shape index (κ1) is 41.8. The van der Waals surface area contributed by atoms with E-state index >= 15 is 0 Å². The quantitative estimate of drug-likeness (QED) is 0.139. The van der Waals surface area contributed by atoms with E-state index in [1.54, 1.807) is 0 Å². The molecular weight excluding hydrogens is 580 g/mol. The van der Waals surface area contributed by atoms with Crippen LogP contribution in [-0.2, 0) is 33.6 Å². The van der Waals surface area contributed by atoms with Gasteiger partial charge < -0.3 is 30.7 Å². The number of amides is 6. The van der Waals surface area contributed by atoms with Crippen LogP contribution in [0.2, 0.25) is 0 Å². The van der Waals surface area contributed by atoms with Gasteiger partial charge in [0, 0.05) is 65.3 Å². The van der Waals surface area contributed by atoms with Crippen LogP contribution >= 0.6 is 0 Å². The van der Waals surface area contributed by atoms with Gasteiger partial charge in [-0.05, 0) is 49.0 Å². The number of hydrogen-bond acceptors (Lipinski definition) is 7. The Morgan fingerprint density at radius 3 is 1.02 bits per heavy atom. The highest BCUT2D eigenvalue weighted by Crippen LogP contribution is 2.01. The molecule has 0 spiro atoms. The van der Waals surface area contributed by atoms with E-state index in [1.165, 1.54) is 39.0 Å². The first-order valence-corrected chi connectivity index (χ1v) is 14.0. The Hall–Kier alpha value is -5.33. The van der Waals surface area contributed by atoms with Crippen LogP contribution in [0.25, 0.3) is 0 Å². The van der Waals surface area contributed by atoms with Crippen LogP contribution < -0.4 is 16.0 Å². The molecule has 0 radical (unpaired) electrons. The SMILES string of the molecule is C=CC(=O)CCCN(CCN(CCNC(=O)C=C)C(=O)C=C)C(=O)C=C.C=CC(=O)NCCN(CCNC(=O)C=C)C(=O)C=C. The average Bonchev–Trinajstić information content (AvgIpc) is 3.06. The fourth-order valence-corrected chi connectivity index (χ4v) is 3.33. The smallest absolute Gasteiger partial charge is 0.246 e. The Morgan fingerprint density at radius 1 is 0.422 bits per heavy atom. The zero-order chi connectivity index (χ0) is 34.6. The van der Waals surface area contributed by atoms with Crippen LogP contribution in [0.5, 0.6) is 0 Å². The molecule has 0 saturated carbocycles. The third kappa shape index (κ3) is 21.1. The normalized spacial score (nSPS) is 9.33. The van der Waals surface area contributed by atoms with E-state index in [4.69, 9.17) is 0 Å². The number of carbonyl (C=O) groups excluding carboxylic acids is 7. The lowest BCUT2D eigenvalue weighted by Crippen LogP contribution is -2.43. The molecule has 13 nitrogen and oxygen atoms in total. The number of ketones is 1. The van der Waals surface area contributed by atoms with Gasteiger partial charge in [0.2, 0.25) is 35.4 Å². The summed E-state index contributed by atoms with van der Waals surface area (Å²) >= 11 is 0. The van der Waals surface area contributed by atoms with Crippen LogP contribution in [0, 0.1) is 0 Å². The highest BCUT2D eigenvalue weighted by atomic mass is 16.2. The van der Waals surface area contributed by atoms with Gasteiger partial charge in [-0.2, -0.15) is 0 Å². The Balaban J connectivity index is 0. The van der Waals surface area contributed by atoms with Crippen molar-refractivity contribution in [1.29, 1.82) is 0 Å². The molecule has 0 aliphatic carbocycles. The Kier molecular flexibility index (Phi) is 24.4. The summed E-state index contributed by atoms with van der Waals surface area (Å²) in [5.41, 5.74) is 0. The van der Waals surface area contributed by atoms with Gasteiger partial charge in [0.05, 0.1) is 0 Å². The zero-order valence-corrected chi connectivity index (χ0v) is 26.0. The zero-order valence-electron chi connectivity index (χ0n) is 26.0. The van der Waals surface area contributed by atoms with E-state index in [0.717, 1.165) is 18.2 Å². The van der Waals surface area contributed by atoms with Crippen LogP contribution in [0.1, 0.15) is 12.8 Å². The number of nitrogens with zero attached hydrogens (tertiary/aromatic N) is 3. The lowest BCUT2D eigenvalue weighted by atomic mass is 10.2. The van der Waals surface area contributed by atoms with Gasteiger partial charge in [-0.3, -0.25) is 33.6 Å². The third-order valence-corrected chi connectivity index (χ3v) is 5.78. The number of nitrogens with one attached hydrogen (secondary N) is 3. The standard InChI is InChI=1S/C19H27N3O4.C13H19N3O3/c1-5-16(23)10-9-12-21(18(25)7-3)14-15-22(19(26)8-4)13-11-20-17(24)6-2;1-4-11(17)14-7-9-16(13(19)6-3)10-8-15-12(18)5-2/h5-8H,1-4,9-15H2,(H,20,24);4-6H,1-3,7-10H2,(H,14,17)(H,15,18). The van der Waals surface area contributed by atoms with Gasteiger partial charge >= 0.3 is 0 Å². The van der Waals surface area contributed by atoms with Crippen molar-refractivity contribution >= 4 is 41.2 Å². The van der Waals surface area contributed by atoms with Crippen LogP contribution in [0.3, 0.4) is 0 Å². The molecule has 0 aliphatic heterocycles. The topological polar surface area (TPSA) is 165 Å². The second-order valence-corrected chi connectivity index (χ2v) is 8.85. The van der Waals surface area contributed by atoms with Crippen molar-refractivity contribution in [3.8, 4) is 0 Å². The molecule has 0 aromatic heterocycles. The van der Waals surface area contributed by atoms with E-state index in [0.29, 0.717) is 45.6 Å². The molecule has 0 aliphatic rings. The predicted molar refractivity (Wildman–Crippen MR) is 174 cm³/mol. The minimum atomic E-state index is -0.327. The van der Waals surface area contributed by atoms with Crippen LogP contribution in [-0.4, -0.2) is 115 Å². The third-order valence-electron chi connectivity index (χ3n) is 5.78. The summed E-state index contributed by atoms with van der Waals surface area (Å²) in [6, 6.07) is 0. The van der Waals surface area contributed by atoms with E-state index < -0.39 is 0 Å². The molecule has 0 heterocycles. The fourth-order valence-electron chi connectivity index (χ4n) is 3.33. The first-order chi connectivity index (χ1) is 21.4. The van der Waals surface area contributed by atoms with Crippen molar-refractivity contribution in [3.63, 3.8) is 0 Å². The first-order valence-electron chi connectivity index (χ1n) is 14.0. The van der Waals surface area contributed by atoms with Crippen molar-refractivity contribution in [2.75, 3.05) is 58.9 Å². The second kappa shape index (κ2) is 26.3. The second-order valence-electron chi connectivity index (χ2n) is 8.85. The van der Waals surface area contributed by atoms with Crippen molar-refractivity contribution in [3.05, 3.63) is 88.6 Å². The largest absolute Gasteiger partial charge is 0.351 e. The molecule has 246 valence electrons. The molecule has 45 heavy (non-hydrogen) atoms. The van der Waals surface area contributed by atoms with Crippen LogP contribution in [0.15, 0.2) is 88.6 Å². The maximum atomic E-state index is 12.0. The molecule has 0 bridgehead atoms. The van der Waals surface area contributed by atoms with Crippen molar-refractivity contribution in [2.45, 2.75) is 12.8 Å². The minimum absolute atomic E-state index is 0.0857. The maximum Gasteiger partial charge on any atom is 0.246 e. The number of rotatable bonds is 23. The molecular formula is C32H46N6O7. The fraction of sp³-hybridized carbons (Fsp3) is 0.344. The van der Waals surface area contributed by atoms with Crippen LogP contribution in [0.4, 0.5) is 0 Å². The monoisotopic (exact) mass is 626 g/mol. The summed E-state index contributed by atoms with van der Waals surface area (Å²) in [4.78, 5) is 84.3. The molecule has 0 fully saturated rings. The summed E-state index contributed by atoms with van der Waals surface area (Å²) in [5, 5.41) is 7.71. The molecule has 6 amide bonds. The highest BCUT2D eigenvalue weighted by molar-refractivity contribution is 5.90. The molecule has 0 aromatic rings. The summed E-state index contributed by atoms with van der Waals surface area (Å²) < 4.78 is 0. The Morgan fingerprint density at radius 2 is 0.733 bits per heavy atom. The van der Waals surface area contributed by atoms with Gasteiger partial charge in [0.1, 0.15) is 0 Å². The lowest BCUT2D eigenvalue weighted by Gasteiger charge is -2.27. The summed E-state index contributed by atoms with van der Waals surface area (Å²) in [7, 11) is 0. The van der Waals surface area contributed by atoms with E-state index in [1.807, 2.05) is 0 Å². The predicted octanol–water partition coefficient (Wildman–Crippen LogP) is 0.459. The molecule has 3 N–H and O–H groups in total. The van der Waals surface area contributed by atoms with E-state index in [9.17, 15) is 33.6 Å². The molecule has 0 unspecified atom stereocenters. The summed E-state index contributed by atoms with van der Waals surface area (Å²) in [6.45, 7) is 26.5. The number of hydrogen-bond donors (Lipinski definition) is 3. The van der Waals surface area contributed by atoms with Crippen molar-refractivity contribution in [2.24, 2.45) is 0 Å². The average molecular weight is 627 g/mol. The van der Waals surface area contributed by atoms with E-state index in [2.05, 4.69) is 62.0 Å². The molecule has 0 aromatic carbocycles. The number of carbonyl (C=O) groups is 7. The summed E-state index contributed by atoms with van der Waals surface area (Å²) in [5.74, 6) is -1.85. The van der Waals surface area contributed by atoms with Crippen molar-refractivity contribution in [1.82, 2.24) is 30.7 Å². The lowest BCUT2D eigenvalue weighted by molar-refractivity contribution is -0.130. The van der Waals surface area contributed by atoms with Gasteiger partial charge in [-0.15, -0.1) is 0 Å². The molecule has 13 heteroatoms. The van der Waals surface area contributed by atoms with Gasteiger partial charge in [0.25, 0.3) is 0 Å². The maximum absolute atomic E-state index is 12.0. The van der Waals surface area contributed by atoms with E-state index in [-0.39, 0.29) is 67.4 Å². The number of allylic oxidation sites excluding steroid dienone is 1. The Bertz CT molecular complexity index is 1040. The molecule has 0 rings (SSSR count).